The first-order chi connectivity index (χ1) is 8.98. The van der Waals surface area contributed by atoms with Gasteiger partial charge in [0, 0.05) is 0 Å². The molecule has 0 bridgehead atoms. The largest absolute Gasteiger partial charge is 0.495 e. The first kappa shape index (κ1) is 16.1. The Bertz CT molecular complexity index is 506. The van der Waals surface area contributed by atoms with E-state index in [0.29, 0.717) is 29.4 Å². The molecule has 0 saturated heterocycles. The first-order valence-corrected chi connectivity index (χ1v) is 8.06. The average molecular weight is 307 g/mol. The summed E-state index contributed by atoms with van der Waals surface area (Å²) in [7, 11) is -1.84. The number of nitrogens with one attached hydrogen (secondary N) is 2. The van der Waals surface area contributed by atoms with Gasteiger partial charge in [-0.2, -0.15) is 0 Å². The van der Waals surface area contributed by atoms with Crippen LogP contribution in [0.15, 0.2) is 18.2 Å². The Morgan fingerprint density at radius 2 is 2.11 bits per heavy atom. The van der Waals surface area contributed by atoms with Gasteiger partial charge in [-0.05, 0) is 37.7 Å². The summed E-state index contributed by atoms with van der Waals surface area (Å²) in [5.74, 6) is 0.584. The number of halogens is 1. The molecule has 0 aliphatic rings. The van der Waals surface area contributed by atoms with Crippen molar-refractivity contribution in [1.82, 2.24) is 5.32 Å². The lowest BCUT2D eigenvalue weighted by Crippen LogP contribution is -2.21. The van der Waals surface area contributed by atoms with E-state index in [2.05, 4.69) is 10.0 Å². The smallest absolute Gasteiger partial charge is 0.232 e. The molecular formula is C12H19ClN2O3S. The maximum atomic E-state index is 11.8. The molecule has 0 atom stereocenters. The number of sulfonamides is 1. The van der Waals surface area contributed by atoms with Crippen LogP contribution in [-0.2, 0) is 10.0 Å². The minimum absolute atomic E-state index is 0.0731. The second kappa shape index (κ2) is 7.57. The summed E-state index contributed by atoms with van der Waals surface area (Å²) in [6.45, 7) is 3.49. The molecular weight excluding hydrogens is 288 g/mol. The van der Waals surface area contributed by atoms with E-state index in [1.807, 2.05) is 6.92 Å². The van der Waals surface area contributed by atoms with Crippen molar-refractivity contribution < 1.29 is 13.2 Å². The Hall–Kier alpha value is -0.980. The molecule has 1 aromatic rings. The van der Waals surface area contributed by atoms with Gasteiger partial charge in [0.2, 0.25) is 10.0 Å². The van der Waals surface area contributed by atoms with Crippen LogP contribution in [0.25, 0.3) is 0 Å². The molecule has 7 heteroatoms. The van der Waals surface area contributed by atoms with Gasteiger partial charge in [0.15, 0.2) is 0 Å². The first-order valence-electron chi connectivity index (χ1n) is 6.03. The Morgan fingerprint density at radius 3 is 2.68 bits per heavy atom. The highest BCUT2D eigenvalue weighted by atomic mass is 35.5. The Balaban J connectivity index is 2.60. The zero-order valence-electron chi connectivity index (χ0n) is 11.1. The number of benzene rings is 1. The van der Waals surface area contributed by atoms with Gasteiger partial charge in [-0.15, -0.1) is 0 Å². The van der Waals surface area contributed by atoms with Crippen molar-refractivity contribution in [3.63, 3.8) is 0 Å². The predicted octanol–water partition coefficient (Wildman–Crippen LogP) is 2.09. The van der Waals surface area contributed by atoms with Crippen molar-refractivity contribution in [3.05, 3.63) is 23.2 Å². The molecule has 0 unspecified atom stereocenters. The standard InChI is InChI=1S/C12H19ClN2O3S/c1-3-14-7-4-8-19(16,17)15-10-5-6-12(18-2)11(13)9-10/h5-6,9,14-15H,3-4,7-8H2,1-2H3. The zero-order valence-corrected chi connectivity index (χ0v) is 12.6. The molecule has 0 spiro atoms. The van der Waals surface area contributed by atoms with Crippen molar-refractivity contribution in [2.75, 3.05) is 30.7 Å². The molecule has 5 nitrogen and oxygen atoms in total. The summed E-state index contributed by atoms with van der Waals surface area (Å²) in [6, 6.07) is 4.77. The minimum atomic E-state index is -3.34. The topological polar surface area (TPSA) is 67.4 Å². The SMILES string of the molecule is CCNCCCS(=O)(=O)Nc1ccc(OC)c(Cl)c1. The lowest BCUT2D eigenvalue weighted by Gasteiger charge is -2.10. The number of ether oxygens (including phenoxy) is 1. The van der Waals surface area contributed by atoms with Crippen LogP contribution in [0.2, 0.25) is 5.02 Å². The number of rotatable bonds is 8. The monoisotopic (exact) mass is 306 g/mol. The minimum Gasteiger partial charge on any atom is -0.495 e. The van der Waals surface area contributed by atoms with Crippen LogP contribution >= 0.6 is 11.6 Å². The number of anilines is 1. The molecule has 0 radical (unpaired) electrons. The van der Waals surface area contributed by atoms with Crippen LogP contribution in [0, 0.1) is 0 Å². The van der Waals surface area contributed by atoms with E-state index in [4.69, 9.17) is 16.3 Å². The van der Waals surface area contributed by atoms with E-state index in [1.165, 1.54) is 13.2 Å². The van der Waals surface area contributed by atoms with E-state index in [0.717, 1.165) is 6.54 Å². The molecule has 108 valence electrons. The molecule has 2 N–H and O–H groups in total. The number of hydrogen-bond donors (Lipinski definition) is 2. The maximum Gasteiger partial charge on any atom is 0.232 e. The van der Waals surface area contributed by atoms with Gasteiger partial charge in [0.05, 0.1) is 23.6 Å². The summed E-state index contributed by atoms with van der Waals surface area (Å²) < 4.78 is 31.1. The van der Waals surface area contributed by atoms with Crippen LogP contribution in [-0.4, -0.2) is 34.4 Å². The Morgan fingerprint density at radius 1 is 1.37 bits per heavy atom. The van der Waals surface area contributed by atoms with Crippen molar-refractivity contribution in [2.24, 2.45) is 0 Å². The van der Waals surface area contributed by atoms with E-state index in [-0.39, 0.29) is 5.75 Å². The molecule has 1 rings (SSSR count). The zero-order chi connectivity index (χ0) is 14.3. The third-order valence-electron chi connectivity index (χ3n) is 2.44. The van der Waals surface area contributed by atoms with Gasteiger partial charge in [0.25, 0.3) is 0 Å². The van der Waals surface area contributed by atoms with Crippen LogP contribution in [0.3, 0.4) is 0 Å². The third kappa shape index (κ3) is 5.67. The van der Waals surface area contributed by atoms with Gasteiger partial charge in [-0.1, -0.05) is 18.5 Å². The van der Waals surface area contributed by atoms with E-state index >= 15 is 0 Å². The molecule has 0 heterocycles. The summed E-state index contributed by atoms with van der Waals surface area (Å²) in [4.78, 5) is 0. The molecule has 0 amide bonds. The van der Waals surface area contributed by atoms with Gasteiger partial charge in [0.1, 0.15) is 5.75 Å². The average Bonchev–Trinajstić information content (AvgIpc) is 2.34. The highest BCUT2D eigenvalue weighted by Crippen LogP contribution is 2.27. The van der Waals surface area contributed by atoms with Crippen molar-refractivity contribution >= 4 is 27.3 Å². The molecule has 19 heavy (non-hydrogen) atoms. The van der Waals surface area contributed by atoms with Crippen molar-refractivity contribution in [3.8, 4) is 5.75 Å². The summed E-state index contributed by atoms with van der Waals surface area (Å²) in [6.07, 6.45) is 0.563. The maximum absolute atomic E-state index is 11.8. The van der Waals surface area contributed by atoms with E-state index in [9.17, 15) is 8.42 Å². The fourth-order valence-corrected chi connectivity index (χ4v) is 2.89. The molecule has 1 aromatic carbocycles. The second-order valence-corrected chi connectivity index (χ2v) is 6.23. The van der Waals surface area contributed by atoms with Crippen molar-refractivity contribution in [2.45, 2.75) is 13.3 Å². The third-order valence-corrected chi connectivity index (χ3v) is 4.11. The summed E-state index contributed by atoms with van der Waals surface area (Å²) >= 11 is 5.93. The molecule has 0 fully saturated rings. The van der Waals surface area contributed by atoms with Gasteiger partial charge in [-0.25, -0.2) is 8.42 Å². The quantitative estimate of drug-likeness (QED) is 0.722. The lowest BCUT2D eigenvalue weighted by molar-refractivity contribution is 0.415. The normalized spacial score (nSPS) is 11.3. The summed E-state index contributed by atoms with van der Waals surface area (Å²) in [5, 5.41) is 3.45. The molecule has 0 aromatic heterocycles. The van der Waals surface area contributed by atoms with Crippen molar-refractivity contribution in [1.29, 1.82) is 0 Å². The summed E-state index contributed by atoms with van der Waals surface area (Å²) in [5.41, 5.74) is 0.439. The van der Waals surface area contributed by atoms with Crippen LogP contribution < -0.4 is 14.8 Å². The fraction of sp³-hybridized carbons (Fsp3) is 0.500. The van der Waals surface area contributed by atoms with Gasteiger partial charge >= 0.3 is 0 Å². The van der Waals surface area contributed by atoms with Crippen LogP contribution in [0.5, 0.6) is 5.75 Å². The highest BCUT2D eigenvalue weighted by Gasteiger charge is 2.11. The predicted molar refractivity (Wildman–Crippen MR) is 78.6 cm³/mol. The van der Waals surface area contributed by atoms with E-state index < -0.39 is 10.0 Å². The van der Waals surface area contributed by atoms with Gasteiger partial charge in [-0.3, -0.25) is 4.72 Å². The molecule has 0 aliphatic carbocycles. The number of methoxy groups -OCH3 is 1. The van der Waals surface area contributed by atoms with Gasteiger partial charge < -0.3 is 10.1 Å². The highest BCUT2D eigenvalue weighted by molar-refractivity contribution is 7.92. The molecule has 0 saturated carbocycles. The van der Waals surface area contributed by atoms with Crippen LogP contribution in [0.4, 0.5) is 5.69 Å². The number of hydrogen-bond acceptors (Lipinski definition) is 4. The van der Waals surface area contributed by atoms with Crippen LogP contribution in [0.1, 0.15) is 13.3 Å². The Kier molecular flexibility index (Phi) is 6.41. The molecule has 0 aliphatic heterocycles. The fourth-order valence-electron chi connectivity index (χ4n) is 1.52. The Labute approximate surface area is 119 Å². The lowest BCUT2D eigenvalue weighted by atomic mass is 10.3. The second-order valence-electron chi connectivity index (χ2n) is 3.98. The van der Waals surface area contributed by atoms with E-state index in [1.54, 1.807) is 12.1 Å².